The molecular weight excluding hydrogens is 168 g/mol. The van der Waals surface area contributed by atoms with Gasteiger partial charge < -0.3 is 0 Å². The quantitative estimate of drug-likeness (QED) is 0.657. The summed E-state index contributed by atoms with van der Waals surface area (Å²) in [7, 11) is 0. The Bertz CT molecular complexity index is 427. The van der Waals surface area contributed by atoms with Crippen molar-refractivity contribution in [1.29, 1.82) is 0 Å². The average molecular weight is 179 g/mol. The molecule has 2 rings (SSSR count). The minimum atomic E-state index is 1.11. The molecule has 0 aromatic heterocycles. The highest BCUT2D eigenvalue weighted by molar-refractivity contribution is 5.74. The van der Waals surface area contributed by atoms with Crippen LogP contribution in [0, 0.1) is 6.07 Å². The first-order chi connectivity index (χ1) is 6.92. The van der Waals surface area contributed by atoms with Gasteiger partial charge in [0.15, 0.2) is 0 Å². The van der Waals surface area contributed by atoms with Gasteiger partial charge in [-0.15, -0.1) is 0 Å². The second-order valence-electron chi connectivity index (χ2n) is 3.07. The summed E-state index contributed by atoms with van der Waals surface area (Å²) in [5.41, 5.74) is 3.45. The van der Waals surface area contributed by atoms with E-state index in [2.05, 4.69) is 30.8 Å². The van der Waals surface area contributed by atoms with Crippen molar-refractivity contribution in [3.8, 4) is 11.1 Å². The smallest absolute Gasteiger partial charge is 0.00990 e. The van der Waals surface area contributed by atoms with E-state index >= 15 is 0 Å². The largest absolute Gasteiger partial charge is 0.0984 e. The number of benzene rings is 2. The Morgan fingerprint density at radius 3 is 2.50 bits per heavy atom. The second kappa shape index (κ2) is 3.93. The first kappa shape index (κ1) is 8.76. The standard InChI is InChI=1S/C14H11/c1-2-12-8-6-7-11-14(12)13-9-4-3-5-10-13/h2-9,11H,1H2. The normalized spacial score (nSPS) is 9.71. The molecule has 0 amide bonds. The highest BCUT2D eigenvalue weighted by Crippen LogP contribution is 2.23. The molecule has 0 aliphatic heterocycles. The molecule has 67 valence electrons. The van der Waals surface area contributed by atoms with Crippen LogP contribution in [0.2, 0.25) is 0 Å². The molecular formula is C14H11. The monoisotopic (exact) mass is 179 g/mol. The maximum atomic E-state index is 3.80. The maximum absolute atomic E-state index is 3.80. The molecule has 0 saturated carbocycles. The molecule has 0 spiro atoms. The van der Waals surface area contributed by atoms with Gasteiger partial charge in [-0.2, -0.15) is 0 Å². The Balaban J connectivity index is 2.57. The molecule has 0 nitrogen and oxygen atoms in total. The molecule has 0 heterocycles. The summed E-state index contributed by atoms with van der Waals surface area (Å²) in [6, 6.07) is 19.4. The Hall–Kier alpha value is -1.82. The Labute approximate surface area is 84.5 Å². The molecule has 0 fully saturated rings. The van der Waals surface area contributed by atoms with Gasteiger partial charge in [0.1, 0.15) is 0 Å². The van der Waals surface area contributed by atoms with Gasteiger partial charge in [0, 0.05) is 0 Å². The summed E-state index contributed by atoms with van der Waals surface area (Å²) in [6.45, 7) is 3.80. The van der Waals surface area contributed by atoms with Crippen molar-refractivity contribution in [3.63, 3.8) is 0 Å². The van der Waals surface area contributed by atoms with Crippen molar-refractivity contribution in [3.05, 3.63) is 66.7 Å². The summed E-state index contributed by atoms with van der Waals surface area (Å²) in [4.78, 5) is 0. The van der Waals surface area contributed by atoms with Crippen molar-refractivity contribution < 1.29 is 0 Å². The lowest BCUT2D eigenvalue weighted by Crippen LogP contribution is -1.81. The van der Waals surface area contributed by atoms with E-state index < -0.39 is 0 Å². The molecule has 0 N–H and O–H groups in total. The molecule has 0 saturated heterocycles. The summed E-state index contributed by atoms with van der Waals surface area (Å²) < 4.78 is 0. The molecule has 0 heteroatoms. The van der Waals surface area contributed by atoms with E-state index in [1.807, 2.05) is 36.4 Å². The third-order valence-electron chi connectivity index (χ3n) is 2.18. The average Bonchev–Trinajstić information content (AvgIpc) is 2.30. The molecule has 0 aliphatic rings. The van der Waals surface area contributed by atoms with E-state index in [1.54, 1.807) is 0 Å². The summed E-state index contributed by atoms with van der Waals surface area (Å²) in [5.74, 6) is 0. The van der Waals surface area contributed by atoms with Gasteiger partial charge in [0.2, 0.25) is 0 Å². The topological polar surface area (TPSA) is 0 Å². The van der Waals surface area contributed by atoms with E-state index in [1.165, 1.54) is 5.56 Å². The summed E-state index contributed by atoms with van der Waals surface area (Å²) in [6.07, 6.45) is 1.87. The van der Waals surface area contributed by atoms with Crippen LogP contribution in [0.15, 0.2) is 55.1 Å². The summed E-state index contributed by atoms with van der Waals surface area (Å²) in [5, 5.41) is 0. The highest BCUT2D eigenvalue weighted by atomic mass is 14.0. The fourth-order valence-electron chi connectivity index (χ4n) is 1.48. The van der Waals surface area contributed by atoms with Crippen molar-refractivity contribution in [2.75, 3.05) is 0 Å². The molecule has 0 unspecified atom stereocenters. The van der Waals surface area contributed by atoms with Crippen LogP contribution in [0.3, 0.4) is 0 Å². The zero-order valence-corrected chi connectivity index (χ0v) is 7.90. The van der Waals surface area contributed by atoms with E-state index in [4.69, 9.17) is 0 Å². The van der Waals surface area contributed by atoms with Gasteiger partial charge in [0.05, 0.1) is 0 Å². The fraction of sp³-hybridized carbons (Fsp3) is 0. The lowest BCUT2D eigenvalue weighted by atomic mass is 10.00. The van der Waals surface area contributed by atoms with Crippen LogP contribution in [0.25, 0.3) is 17.2 Å². The number of hydrogen-bond acceptors (Lipinski definition) is 0. The Morgan fingerprint density at radius 1 is 1.00 bits per heavy atom. The second-order valence-corrected chi connectivity index (χ2v) is 3.07. The van der Waals surface area contributed by atoms with E-state index in [0.29, 0.717) is 0 Å². The van der Waals surface area contributed by atoms with Gasteiger partial charge in [-0.1, -0.05) is 61.2 Å². The minimum Gasteiger partial charge on any atom is -0.0984 e. The predicted octanol–water partition coefficient (Wildman–Crippen LogP) is 3.80. The SMILES string of the molecule is C=Cc1ccccc1-c1[c]cccc1. The summed E-state index contributed by atoms with van der Waals surface area (Å²) >= 11 is 0. The van der Waals surface area contributed by atoms with Crippen LogP contribution in [-0.4, -0.2) is 0 Å². The Kier molecular flexibility index (Phi) is 2.46. The third kappa shape index (κ3) is 1.60. The van der Waals surface area contributed by atoms with Crippen LogP contribution in [0.5, 0.6) is 0 Å². The van der Waals surface area contributed by atoms with Gasteiger partial charge in [0.25, 0.3) is 0 Å². The molecule has 0 atom stereocenters. The molecule has 14 heavy (non-hydrogen) atoms. The zero-order valence-electron chi connectivity index (χ0n) is 7.90. The fourth-order valence-corrected chi connectivity index (χ4v) is 1.48. The molecule has 0 bridgehead atoms. The van der Waals surface area contributed by atoms with Crippen LogP contribution in [0.4, 0.5) is 0 Å². The van der Waals surface area contributed by atoms with Gasteiger partial charge in [-0.05, 0) is 22.8 Å². The molecule has 2 aromatic rings. The lowest BCUT2D eigenvalue weighted by Gasteiger charge is -2.04. The van der Waals surface area contributed by atoms with Gasteiger partial charge in [-0.25, -0.2) is 0 Å². The lowest BCUT2D eigenvalue weighted by molar-refractivity contribution is 1.58. The van der Waals surface area contributed by atoms with Gasteiger partial charge >= 0.3 is 0 Å². The van der Waals surface area contributed by atoms with Crippen molar-refractivity contribution in [2.45, 2.75) is 0 Å². The predicted molar refractivity (Wildman–Crippen MR) is 60.8 cm³/mol. The third-order valence-corrected chi connectivity index (χ3v) is 2.18. The highest BCUT2D eigenvalue weighted by Gasteiger charge is 1.99. The van der Waals surface area contributed by atoms with E-state index in [-0.39, 0.29) is 0 Å². The van der Waals surface area contributed by atoms with Crippen LogP contribution >= 0.6 is 0 Å². The first-order valence-corrected chi connectivity index (χ1v) is 4.60. The molecule has 0 aliphatic carbocycles. The van der Waals surface area contributed by atoms with Crippen LogP contribution in [0.1, 0.15) is 5.56 Å². The van der Waals surface area contributed by atoms with E-state index in [9.17, 15) is 0 Å². The maximum Gasteiger partial charge on any atom is -0.00990 e. The molecule has 1 radical (unpaired) electrons. The van der Waals surface area contributed by atoms with Crippen molar-refractivity contribution in [1.82, 2.24) is 0 Å². The minimum absolute atomic E-state index is 1.11. The van der Waals surface area contributed by atoms with E-state index in [0.717, 1.165) is 11.1 Å². The van der Waals surface area contributed by atoms with Crippen molar-refractivity contribution >= 4 is 6.08 Å². The molecule has 2 aromatic carbocycles. The van der Waals surface area contributed by atoms with Gasteiger partial charge in [-0.3, -0.25) is 0 Å². The first-order valence-electron chi connectivity index (χ1n) is 4.60. The van der Waals surface area contributed by atoms with Crippen molar-refractivity contribution in [2.24, 2.45) is 0 Å². The zero-order chi connectivity index (χ0) is 9.80. The number of hydrogen-bond donors (Lipinski definition) is 0. The Morgan fingerprint density at radius 2 is 1.79 bits per heavy atom. The van der Waals surface area contributed by atoms with Crippen LogP contribution < -0.4 is 0 Å². The number of rotatable bonds is 2. The van der Waals surface area contributed by atoms with Crippen LogP contribution in [-0.2, 0) is 0 Å².